The molecule has 160 valence electrons. The van der Waals surface area contributed by atoms with Crippen LogP contribution in [-0.2, 0) is 19.8 Å². The molecule has 0 bridgehead atoms. The molecule has 3 amide bonds. The minimum atomic E-state index is -0.716. The Morgan fingerprint density at radius 3 is 2.35 bits per heavy atom. The van der Waals surface area contributed by atoms with Gasteiger partial charge in [-0.2, -0.15) is 0 Å². The molecule has 1 aromatic heterocycles. The monoisotopic (exact) mass is 436 g/mol. The highest BCUT2D eigenvalue weighted by atomic mass is 32.1. The second kappa shape index (κ2) is 8.47. The zero-order chi connectivity index (χ0) is 22.0. The van der Waals surface area contributed by atoms with Gasteiger partial charge in [-0.3, -0.25) is 14.4 Å². The lowest BCUT2D eigenvalue weighted by molar-refractivity contribution is -0.133. The number of piperidine rings is 1. The van der Waals surface area contributed by atoms with Gasteiger partial charge in [0.15, 0.2) is 5.13 Å². The topological polar surface area (TPSA) is 91.4 Å². The number of carbonyl (C=O) groups excluding carboxylic acids is 3. The maximum Gasteiger partial charge on any atom is 0.236 e. The molecule has 7 nitrogen and oxygen atoms in total. The van der Waals surface area contributed by atoms with Gasteiger partial charge in [0.05, 0.1) is 15.6 Å². The summed E-state index contributed by atoms with van der Waals surface area (Å²) in [6.45, 7) is 4.10. The van der Waals surface area contributed by atoms with Crippen LogP contribution < -0.4 is 10.6 Å². The van der Waals surface area contributed by atoms with Crippen molar-refractivity contribution in [3.8, 4) is 0 Å². The zero-order valence-electron chi connectivity index (χ0n) is 17.5. The number of amides is 3. The number of benzene rings is 2. The van der Waals surface area contributed by atoms with Crippen molar-refractivity contribution < 1.29 is 14.4 Å². The summed E-state index contributed by atoms with van der Waals surface area (Å²) >= 11 is 1.37. The van der Waals surface area contributed by atoms with Crippen molar-refractivity contribution in [2.75, 3.05) is 23.7 Å². The van der Waals surface area contributed by atoms with Crippen LogP contribution in [0.2, 0.25) is 0 Å². The van der Waals surface area contributed by atoms with Crippen LogP contribution in [0, 0.1) is 0 Å². The fraction of sp³-hybridized carbons (Fsp3) is 0.304. The van der Waals surface area contributed by atoms with Crippen molar-refractivity contribution in [3.63, 3.8) is 0 Å². The van der Waals surface area contributed by atoms with E-state index in [1.165, 1.54) is 18.3 Å². The molecule has 0 saturated carbocycles. The van der Waals surface area contributed by atoms with E-state index < -0.39 is 5.41 Å². The van der Waals surface area contributed by atoms with E-state index in [-0.39, 0.29) is 17.7 Å². The van der Waals surface area contributed by atoms with Crippen LogP contribution in [0.1, 0.15) is 32.3 Å². The standard InChI is InChI=1S/C23H24N4O3S/c1-15(28)24-18-8-9-19-20(14-18)31-22(25-19)26-21(30)23(17-6-4-3-5-7-17)10-12-27(13-11-23)16(2)29/h3-9,14H,10-13H2,1-2H3,(H,24,28)(H,25,26,30). The lowest BCUT2D eigenvalue weighted by atomic mass is 9.72. The first-order valence-electron chi connectivity index (χ1n) is 10.2. The van der Waals surface area contributed by atoms with Gasteiger partial charge < -0.3 is 15.5 Å². The third-order valence-electron chi connectivity index (χ3n) is 5.75. The Morgan fingerprint density at radius 2 is 1.71 bits per heavy atom. The molecule has 1 fully saturated rings. The van der Waals surface area contributed by atoms with Crippen molar-refractivity contribution in [2.24, 2.45) is 0 Å². The highest BCUT2D eigenvalue weighted by molar-refractivity contribution is 7.22. The summed E-state index contributed by atoms with van der Waals surface area (Å²) in [6.07, 6.45) is 1.11. The number of thiazole rings is 1. The van der Waals surface area contributed by atoms with Gasteiger partial charge in [-0.25, -0.2) is 4.98 Å². The van der Waals surface area contributed by atoms with Crippen LogP contribution in [0.5, 0.6) is 0 Å². The number of fused-ring (bicyclic) bond motifs is 1. The third kappa shape index (κ3) is 4.29. The summed E-state index contributed by atoms with van der Waals surface area (Å²) in [5.41, 5.74) is 1.69. The highest BCUT2D eigenvalue weighted by Gasteiger charge is 2.43. The highest BCUT2D eigenvalue weighted by Crippen LogP contribution is 2.38. The number of nitrogens with zero attached hydrogens (tertiary/aromatic N) is 2. The molecule has 0 unspecified atom stereocenters. The first-order valence-corrected chi connectivity index (χ1v) is 11.0. The van der Waals surface area contributed by atoms with Gasteiger partial charge in [-0.15, -0.1) is 0 Å². The Morgan fingerprint density at radius 1 is 1.00 bits per heavy atom. The van der Waals surface area contributed by atoms with Gasteiger partial charge in [-0.05, 0) is 36.6 Å². The van der Waals surface area contributed by atoms with Crippen molar-refractivity contribution in [1.82, 2.24) is 9.88 Å². The van der Waals surface area contributed by atoms with Crippen LogP contribution in [-0.4, -0.2) is 40.7 Å². The molecule has 0 aliphatic carbocycles. The molecule has 2 heterocycles. The van der Waals surface area contributed by atoms with Crippen molar-refractivity contribution in [1.29, 1.82) is 0 Å². The fourth-order valence-corrected chi connectivity index (χ4v) is 4.98. The lowest BCUT2D eigenvalue weighted by Crippen LogP contribution is -2.50. The fourth-order valence-electron chi connectivity index (χ4n) is 4.08. The molecule has 0 spiro atoms. The minimum Gasteiger partial charge on any atom is -0.343 e. The molecule has 1 aliphatic heterocycles. The van der Waals surface area contributed by atoms with Crippen molar-refractivity contribution in [2.45, 2.75) is 32.1 Å². The van der Waals surface area contributed by atoms with Crippen molar-refractivity contribution >= 4 is 50.1 Å². The number of nitrogens with one attached hydrogen (secondary N) is 2. The Hall–Kier alpha value is -3.26. The molecular weight excluding hydrogens is 412 g/mol. The number of hydrogen-bond donors (Lipinski definition) is 2. The van der Waals surface area contributed by atoms with E-state index in [4.69, 9.17) is 0 Å². The molecule has 1 saturated heterocycles. The maximum atomic E-state index is 13.6. The van der Waals surface area contributed by atoms with Gasteiger partial charge in [0.1, 0.15) is 0 Å². The summed E-state index contributed by atoms with van der Waals surface area (Å²) < 4.78 is 0.877. The predicted octanol–water partition coefficient (Wildman–Crippen LogP) is 3.77. The molecule has 3 aromatic rings. The average molecular weight is 437 g/mol. The number of anilines is 2. The van der Waals surface area contributed by atoms with Crippen LogP contribution in [0.25, 0.3) is 10.2 Å². The van der Waals surface area contributed by atoms with E-state index in [1.807, 2.05) is 42.5 Å². The van der Waals surface area contributed by atoms with Crippen LogP contribution in [0.3, 0.4) is 0 Å². The number of carbonyl (C=O) groups is 3. The molecule has 1 aliphatic rings. The van der Waals surface area contributed by atoms with Crippen molar-refractivity contribution in [3.05, 3.63) is 54.1 Å². The molecule has 2 aromatic carbocycles. The number of aromatic nitrogens is 1. The Labute approximate surface area is 184 Å². The SMILES string of the molecule is CC(=O)Nc1ccc2nc(NC(=O)C3(c4ccccc4)CCN(C(C)=O)CC3)sc2c1. The molecule has 31 heavy (non-hydrogen) atoms. The zero-order valence-corrected chi connectivity index (χ0v) is 18.3. The third-order valence-corrected chi connectivity index (χ3v) is 6.69. The van der Waals surface area contributed by atoms with Crippen LogP contribution in [0.15, 0.2) is 48.5 Å². The van der Waals surface area contributed by atoms with E-state index in [1.54, 1.807) is 17.9 Å². The second-order valence-corrected chi connectivity index (χ2v) is 8.82. The number of hydrogen-bond acceptors (Lipinski definition) is 5. The average Bonchev–Trinajstić information content (AvgIpc) is 3.15. The Balaban J connectivity index is 1.61. The smallest absolute Gasteiger partial charge is 0.236 e. The Bertz CT molecular complexity index is 1130. The minimum absolute atomic E-state index is 0.0308. The summed E-state index contributed by atoms with van der Waals surface area (Å²) in [4.78, 5) is 43.0. The van der Waals surface area contributed by atoms with Gasteiger partial charge in [0.25, 0.3) is 0 Å². The van der Waals surface area contributed by atoms with E-state index in [2.05, 4.69) is 15.6 Å². The largest absolute Gasteiger partial charge is 0.343 e. The molecule has 4 rings (SSSR count). The van der Waals surface area contributed by atoms with Gasteiger partial charge >= 0.3 is 0 Å². The van der Waals surface area contributed by atoms with E-state index in [0.717, 1.165) is 15.8 Å². The van der Waals surface area contributed by atoms with E-state index in [9.17, 15) is 14.4 Å². The van der Waals surface area contributed by atoms with E-state index in [0.29, 0.717) is 36.8 Å². The molecule has 0 atom stereocenters. The molecule has 8 heteroatoms. The van der Waals surface area contributed by atoms with Crippen LogP contribution in [0.4, 0.5) is 10.8 Å². The second-order valence-electron chi connectivity index (χ2n) is 7.79. The molecule has 2 N–H and O–H groups in total. The summed E-state index contributed by atoms with van der Waals surface area (Å²) in [7, 11) is 0. The molecular formula is C23H24N4O3S. The quantitative estimate of drug-likeness (QED) is 0.651. The van der Waals surface area contributed by atoms with Gasteiger partial charge in [0, 0.05) is 32.6 Å². The summed E-state index contributed by atoms with van der Waals surface area (Å²) in [5.74, 6) is -0.217. The normalized spacial score (nSPS) is 15.5. The first kappa shape index (κ1) is 21.0. The predicted molar refractivity (Wildman–Crippen MR) is 122 cm³/mol. The molecule has 0 radical (unpaired) electrons. The first-order chi connectivity index (χ1) is 14.9. The van der Waals surface area contributed by atoms with Gasteiger partial charge in [0.2, 0.25) is 17.7 Å². The summed E-state index contributed by atoms with van der Waals surface area (Å²) in [5, 5.41) is 6.30. The summed E-state index contributed by atoms with van der Waals surface area (Å²) in [6, 6.07) is 15.2. The number of rotatable bonds is 4. The Kier molecular flexibility index (Phi) is 5.73. The van der Waals surface area contributed by atoms with Gasteiger partial charge in [-0.1, -0.05) is 41.7 Å². The lowest BCUT2D eigenvalue weighted by Gasteiger charge is -2.40. The number of likely N-dealkylation sites (tertiary alicyclic amines) is 1. The maximum absolute atomic E-state index is 13.6. The van der Waals surface area contributed by atoms with E-state index >= 15 is 0 Å². The van der Waals surface area contributed by atoms with Crippen LogP contribution >= 0.6 is 11.3 Å².